The van der Waals surface area contributed by atoms with Crippen molar-refractivity contribution in [3.63, 3.8) is 0 Å². The number of aromatic amines is 1. The van der Waals surface area contributed by atoms with Crippen molar-refractivity contribution in [1.82, 2.24) is 19.7 Å². The number of hydrogen-bond donors (Lipinski definition) is 1. The maximum Gasteiger partial charge on any atom is 0.133 e. The number of anilines is 1. The summed E-state index contributed by atoms with van der Waals surface area (Å²) in [5.41, 5.74) is 5.45. The molecule has 1 N–H and O–H groups in total. The smallest absolute Gasteiger partial charge is 0.133 e. The Hall–Kier alpha value is -3.05. The number of halogens is 1. The van der Waals surface area contributed by atoms with Gasteiger partial charge in [0.1, 0.15) is 5.82 Å². The molecule has 2 aromatic heterocycles. The molecule has 1 fully saturated rings. The second-order valence-corrected chi connectivity index (χ2v) is 8.26. The average Bonchev–Trinajstić information content (AvgIpc) is 3.41. The lowest BCUT2D eigenvalue weighted by molar-refractivity contribution is 0.490. The first kappa shape index (κ1) is 18.9. The summed E-state index contributed by atoms with van der Waals surface area (Å²) < 4.78 is 2.02. The second-order valence-electron chi connectivity index (χ2n) is 7.82. The van der Waals surface area contributed by atoms with Crippen LogP contribution >= 0.6 is 11.6 Å². The molecule has 0 aliphatic carbocycles. The number of piperidine rings is 1. The topological polar surface area (TPSA) is 49.7 Å². The zero-order valence-electron chi connectivity index (χ0n) is 16.9. The van der Waals surface area contributed by atoms with Gasteiger partial charge in [0.25, 0.3) is 0 Å². The van der Waals surface area contributed by atoms with E-state index in [1.54, 1.807) is 6.33 Å². The van der Waals surface area contributed by atoms with Gasteiger partial charge in [-0.3, -0.25) is 0 Å². The van der Waals surface area contributed by atoms with Gasteiger partial charge < -0.3 is 9.88 Å². The number of imidazole rings is 1. The molecule has 0 unspecified atom stereocenters. The zero-order valence-corrected chi connectivity index (χ0v) is 17.7. The van der Waals surface area contributed by atoms with Crippen molar-refractivity contribution in [2.24, 2.45) is 0 Å². The van der Waals surface area contributed by atoms with E-state index in [1.165, 1.54) is 11.4 Å². The number of rotatable bonds is 4. The van der Waals surface area contributed by atoms with E-state index in [0.717, 1.165) is 48.7 Å². The summed E-state index contributed by atoms with van der Waals surface area (Å²) in [6, 6.07) is 20.4. The lowest BCUT2D eigenvalue weighted by Gasteiger charge is -2.33. The van der Waals surface area contributed by atoms with E-state index < -0.39 is 0 Å². The summed E-state index contributed by atoms with van der Waals surface area (Å²) in [7, 11) is 0. The Bertz CT molecular complexity index is 1140. The Morgan fingerprint density at radius 3 is 2.50 bits per heavy atom. The average molecular weight is 418 g/mol. The highest BCUT2D eigenvalue weighted by Crippen LogP contribution is 2.34. The molecule has 0 atom stereocenters. The summed E-state index contributed by atoms with van der Waals surface area (Å²) in [5.74, 6) is 1.61. The largest absolute Gasteiger partial charge is 0.356 e. The Morgan fingerprint density at radius 1 is 1.00 bits per heavy atom. The molecule has 5 nitrogen and oxygen atoms in total. The van der Waals surface area contributed by atoms with Crippen molar-refractivity contribution in [2.75, 3.05) is 18.0 Å². The molecule has 0 amide bonds. The van der Waals surface area contributed by atoms with Crippen molar-refractivity contribution < 1.29 is 0 Å². The van der Waals surface area contributed by atoms with Crippen molar-refractivity contribution >= 4 is 17.4 Å². The molecule has 0 bridgehead atoms. The molecular formula is C24H24ClN5. The summed E-state index contributed by atoms with van der Waals surface area (Å²) in [6.07, 6.45) is 3.96. The Morgan fingerprint density at radius 2 is 1.80 bits per heavy atom. The van der Waals surface area contributed by atoms with E-state index in [9.17, 15) is 0 Å². The van der Waals surface area contributed by atoms with Gasteiger partial charge in [0, 0.05) is 41.4 Å². The molecule has 0 radical (unpaired) electrons. The van der Waals surface area contributed by atoms with E-state index >= 15 is 0 Å². The van der Waals surface area contributed by atoms with Gasteiger partial charge in [-0.05, 0) is 38.0 Å². The first-order valence-electron chi connectivity index (χ1n) is 10.4. The van der Waals surface area contributed by atoms with Gasteiger partial charge in [0.05, 0.1) is 23.4 Å². The highest BCUT2D eigenvalue weighted by Gasteiger charge is 2.26. The van der Waals surface area contributed by atoms with Gasteiger partial charge in [0.15, 0.2) is 0 Å². The van der Waals surface area contributed by atoms with E-state index in [-0.39, 0.29) is 0 Å². The predicted octanol–water partition coefficient (Wildman–Crippen LogP) is 5.61. The highest BCUT2D eigenvalue weighted by molar-refractivity contribution is 6.30. The second kappa shape index (κ2) is 8.00. The Balaban J connectivity index is 1.48. The van der Waals surface area contributed by atoms with Crippen LogP contribution in [0.1, 0.15) is 30.1 Å². The van der Waals surface area contributed by atoms with Crippen LogP contribution in [0.3, 0.4) is 0 Å². The van der Waals surface area contributed by atoms with Crippen LogP contribution in [0.2, 0.25) is 5.02 Å². The Labute approximate surface area is 181 Å². The van der Waals surface area contributed by atoms with E-state index in [2.05, 4.69) is 46.1 Å². The van der Waals surface area contributed by atoms with Crippen LogP contribution in [-0.2, 0) is 0 Å². The first-order valence-corrected chi connectivity index (χ1v) is 10.7. The van der Waals surface area contributed by atoms with Crippen LogP contribution < -0.4 is 4.90 Å². The maximum atomic E-state index is 6.28. The SMILES string of the molecule is Cc1[nH]cnc1C1CCN(c2cc(-c3ccccc3)nn2-c2cccc(Cl)c2)CC1. The van der Waals surface area contributed by atoms with E-state index in [4.69, 9.17) is 16.7 Å². The van der Waals surface area contributed by atoms with Crippen LogP contribution in [0.15, 0.2) is 67.0 Å². The zero-order chi connectivity index (χ0) is 20.5. The molecule has 1 aliphatic heterocycles. The molecule has 1 aliphatic rings. The van der Waals surface area contributed by atoms with Gasteiger partial charge in [-0.1, -0.05) is 48.0 Å². The van der Waals surface area contributed by atoms with Gasteiger partial charge in [-0.25, -0.2) is 9.67 Å². The number of nitrogens with zero attached hydrogens (tertiary/aromatic N) is 4. The van der Waals surface area contributed by atoms with Gasteiger partial charge in [0.2, 0.25) is 0 Å². The monoisotopic (exact) mass is 417 g/mol. The molecule has 3 heterocycles. The molecule has 152 valence electrons. The van der Waals surface area contributed by atoms with Gasteiger partial charge in [-0.2, -0.15) is 5.10 Å². The van der Waals surface area contributed by atoms with Gasteiger partial charge in [-0.15, -0.1) is 0 Å². The van der Waals surface area contributed by atoms with Crippen LogP contribution in [-0.4, -0.2) is 32.8 Å². The van der Waals surface area contributed by atoms with Crippen LogP contribution in [0, 0.1) is 6.92 Å². The molecule has 0 spiro atoms. The number of H-pyrrole nitrogens is 1. The molecule has 6 heteroatoms. The quantitative estimate of drug-likeness (QED) is 0.469. The summed E-state index contributed by atoms with van der Waals surface area (Å²) in [6.45, 7) is 4.05. The fourth-order valence-corrected chi connectivity index (χ4v) is 4.49. The standard InChI is InChI=1S/C24H24ClN5/c1-17-24(27-16-26-17)19-10-12-29(13-11-19)23-15-22(18-6-3-2-4-7-18)28-30(23)21-9-5-8-20(25)14-21/h2-9,14-16,19H,10-13H2,1H3,(H,26,27). The lowest BCUT2D eigenvalue weighted by Crippen LogP contribution is -2.34. The molecule has 1 saturated heterocycles. The fraction of sp³-hybridized carbons (Fsp3) is 0.250. The minimum Gasteiger partial charge on any atom is -0.356 e. The van der Waals surface area contributed by atoms with Gasteiger partial charge >= 0.3 is 0 Å². The maximum absolute atomic E-state index is 6.28. The minimum absolute atomic E-state index is 0.503. The van der Waals surface area contributed by atoms with Crippen molar-refractivity contribution in [2.45, 2.75) is 25.7 Å². The number of nitrogens with one attached hydrogen (secondary N) is 1. The molecule has 4 aromatic rings. The normalized spacial score (nSPS) is 14.9. The number of aryl methyl sites for hydroxylation is 1. The third-order valence-corrected chi connectivity index (χ3v) is 6.12. The number of aromatic nitrogens is 4. The molecule has 30 heavy (non-hydrogen) atoms. The summed E-state index contributed by atoms with van der Waals surface area (Å²) >= 11 is 6.28. The predicted molar refractivity (Wildman–Crippen MR) is 122 cm³/mol. The van der Waals surface area contributed by atoms with Crippen LogP contribution in [0.5, 0.6) is 0 Å². The lowest BCUT2D eigenvalue weighted by atomic mass is 9.92. The summed E-state index contributed by atoms with van der Waals surface area (Å²) in [5, 5.41) is 5.66. The van der Waals surface area contributed by atoms with Crippen LogP contribution in [0.4, 0.5) is 5.82 Å². The molecule has 2 aromatic carbocycles. The molecular weight excluding hydrogens is 394 g/mol. The van der Waals surface area contributed by atoms with E-state index in [1.807, 2.05) is 41.1 Å². The first-order chi connectivity index (χ1) is 14.7. The number of benzene rings is 2. The highest BCUT2D eigenvalue weighted by atomic mass is 35.5. The van der Waals surface area contributed by atoms with Crippen molar-refractivity contribution in [3.8, 4) is 16.9 Å². The number of hydrogen-bond acceptors (Lipinski definition) is 3. The van der Waals surface area contributed by atoms with Crippen molar-refractivity contribution in [3.05, 3.63) is 83.4 Å². The third kappa shape index (κ3) is 3.61. The third-order valence-electron chi connectivity index (χ3n) is 5.89. The Kier molecular flexibility index (Phi) is 5.05. The molecule has 0 saturated carbocycles. The fourth-order valence-electron chi connectivity index (χ4n) is 4.31. The van der Waals surface area contributed by atoms with E-state index in [0.29, 0.717) is 10.9 Å². The molecule has 5 rings (SSSR count). The van der Waals surface area contributed by atoms with Crippen LogP contribution in [0.25, 0.3) is 16.9 Å². The summed E-state index contributed by atoms with van der Waals surface area (Å²) in [4.78, 5) is 10.2. The van der Waals surface area contributed by atoms with Crippen molar-refractivity contribution in [1.29, 1.82) is 0 Å². The minimum atomic E-state index is 0.503.